The first-order valence-electron chi connectivity index (χ1n) is 4.42. The van der Waals surface area contributed by atoms with E-state index in [2.05, 4.69) is 10.1 Å². The highest BCUT2D eigenvalue weighted by molar-refractivity contribution is 5.69. The van der Waals surface area contributed by atoms with Crippen molar-refractivity contribution in [2.75, 3.05) is 0 Å². The highest BCUT2D eigenvalue weighted by Crippen LogP contribution is 2.05. The minimum Gasteiger partial charge on any atom is -0.481 e. The minimum atomic E-state index is -0.865. The van der Waals surface area contributed by atoms with Gasteiger partial charge in [-0.15, -0.1) is 0 Å². The summed E-state index contributed by atoms with van der Waals surface area (Å²) in [5.74, 6) is -0.190. The largest absolute Gasteiger partial charge is 0.481 e. The molecule has 0 aromatic carbocycles. The van der Waals surface area contributed by atoms with E-state index in [0.717, 1.165) is 0 Å². The smallest absolute Gasteiger partial charge is 0.307 e. The average molecular weight is 203 g/mol. The summed E-state index contributed by atoms with van der Waals surface area (Å²) in [5, 5.41) is 12.6. The number of pyridine rings is 1. The monoisotopic (exact) mass is 203 g/mol. The Morgan fingerprint density at radius 1 is 1.47 bits per heavy atom. The molecule has 0 radical (unpaired) electrons. The number of carboxylic acid groups (broad SMARTS) is 1. The normalized spacial score (nSPS) is 10.1. The lowest BCUT2D eigenvalue weighted by Crippen LogP contribution is -1.99. The second-order valence-electron chi connectivity index (χ2n) is 3.05. The van der Waals surface area contributed by atoms with Gasteiger partial charge in [0.15, 0.2) is 5.82 Å². The number of carbonyl (C=O) groups is 1. The maximum Gasteiger partial charge on any atom is 0.307 e. The molecule has 0 atom stereocenters. The third-order valence-electron chi connectivity index (χ3n) is 1.88. The SMILES string of the molecule is O=C(O)Cc1cnn(-c2ccccn2)c1. The Morgan fingerprint density at radius 2 is 2.33 bits per heavy atom. The summed E-state index contributed by atoms with van der Waals surface area (Å²) < 4.78 is 1.55. The molecule has 0 aliphatic carbocycles. The van der Waals surface area contributed by atoms with Crippen LogP contribution in [0, 0.1) is 0 Å². The number of hydrogen-bond acceptors (Lipinski definition) is 3. The molecular weight excluding hydrogens is 194 g/mol. The Bertz CT molecular complexity index is 465. The number of aromatic nitrogens is 3. The molecule has 0 bridgehead atoms. The van der Waals surface area contributed by atoms with E-state index in [1.807, 2.05) is 12.1 Å². The zero-order valence-corrected chi connectivity index (χ0v) is 7.87. The Morgan fingerprint density at radius 3 is 3.00 bits per heavy atom. The average Bonchev–Trinajstić information content (AvgIpc) is 2.67. The summed E-state index contributed by atoms with van der Waals surface area (Å²) in [6, 6.07) is 5.46. The maximum atomic E-state index is 10.5. The summed E-state index contributed by atoms with van der Waals surface area (Å²) in [6.45, 7) is 0. The Balaban J connectivity index is 2.24. The highest BCUT2D eigenvalue weighted by Gasteiger charge is 2.04. The van der Waals surface area contributed by atoms with Crippen LogP contribution in [0.25, 0.3) is 5.82 Å². The van der Waals surface area contributed by atoms with Gasteiger partial charge in [0.05, 0.1) is 12.6 Å². The van der Waals surface area contributed by atoms with Gasteiger partial charge in [0.1, 0.15) is 0 Å². The van der Waals surface area contributed by atoms with E-state index in [4.69, 9.17) is 5.11 Å². The molecule has 0 aliphatic heterocycles. The maximum absolute atomic E-state index is 10.5. The molecule has 0 fully saturated rings. The van der Waals surface area contributed by atoms with Crippen molar-refractivity contribution in [3.05, 3.63) is 42.4 Å². The second-order valence-corrected chi connectivity index (χ2v) is 3.05. The van der Waals surface area contributed by atoms with Crippen molar-refractivity contribution in [1.82, 2.24) is 14.8 Å². The predicted octanol–water partition coefficient (Wildman–Crippen LogP) is 0.894. The van der Waals surface area contributed by atoms with Crippen LogP contribution in [0.5, 0.6) is 0 Å². The van der Waals surface area contributed by atoms with Crippen molar-refractivity contribution in [3.63, 3.8) is 0 Å². The van der Waals surface area contributed by atoms with Crippen molar-refractivity contribution < 1.29 is 9.90 Å². The molecule has 2 heterocycles. The van der Waals surface area contributed by atoms with Gasteiger partial charge in [-0.3, -0.25) is 4.79 Å². The highest BCUT2D eigenvalue weighted by atomic mass is 16.4. The number of rotatable bonds is 3. The summed E-state index contributed by atoms with van der Waals surface area (Å²) >= 11 is 0. The molecule has 0 saturated carbocycles. The Hall–Kier alpha value is -2.17. The molecule has 0 unspecified atom stereocenters. The molecule has 0 amide bonds. The fraction of sp³-hybridized carbons (Fsp3) is 0.100. The molecule has 0 saturated heterocycles. The fourth-order valence-corrected chi connectivity index (χ4v) is 1.24. The van der Waals surface area contributed by atoms with E-state index < -0.39 is 5.97 Å². The molecular formula is C10H9N3O2. The zero-order chi connectivity index (χ0) is 10.7. The van der Waals surface area contributed by atoms with Gasteiger partial charge in [-0.25, -0.2) is 9.67 Å². The van der Waals surface area contributed by atoms with Crippen LogP contribution in [-0.4, -0.2) is 25.8 Å². The number of nitrogens with zero attached hydrogens (tertiary/aromatic N) is 3. The van der Waals surface area contributed by atoms with Crippen molar-refractivity contribution >= 4 is 5.97 Å². The molecule has 15 heavy (non-hydrogen) atoms. The standard InChI is InChI=1S/C10H9N3O2/c14-10(15)5-8-6-12-13(7-8)9-3-1-2-4-11-9/h1-4,6-7H,5H2,(H,14,15). The first kappa shape index (κ1) is 9.39. The third kappa shape index (κ3) is 2.19. The van der Waals surface area contributed by atoms with E-state index in [-0.39, 0.29) is 6.42 Å². The van der Waals surface area contributed by atoms with Crippen LogP contribution in [0.2, 0.25) is 0 Å². The van der Waals surface area contributed by atoms with Crippen LogP contribution >= 0.6 is 0 Å². The molecule has 2 aromatic heterocycles. The van der Waals surface area contributed by atoms with Gasteiger partial charge in [-0.2, -0.15) is 5.10 Å². The lowest BCUT2D eigenvalue weighted by atomic mass is 10.3. The number of hydrogen-bond donors (Lipinski definition) is 1. The lowest BCUT2D eigenvalue weighted by molar-refractivity contribution is -0.136. The summed E-state index contributed by atoms with van der Waals surface area (Å²) in [6.07, 6.45) is 4.83. The quantitative estimate of drug-likeness (QED) is 0.804. The molecule has 76 valence electrons. The topological polar surface area (TPSA) is 68.0 Å². The van der Waals surface area contributed by atoms with E-state index in [0.29, 0.717) is 11.4 Å². The molecule has 0 aliphatic rings. The molecule has 2 rings (SSSR count). The molecule has 5 heteroatoms. The van der Waals surface area contributed by atoms with Crippen LogP contribution in [0.15, 0.2) is 36.8 Å². The predicted molar refractivity (Wildman–Crippen MR) is 52.7 cm³/mol. The van der Waals surface area contributed by atoms with E-state index in [9.17, 15) is 4.79 Å². The van der Waals surface area contributed by atoms with E-state index in [1.54, 1.807) is 23.1 Å². The molecule has 5 nitrogen and oxygen atoms in total. The first-order chi connectivity index (χ1) is 7.25. The van der Waals surface area contributed by atoms with Gasteiger partial charge >= 0.3 is 5.97 Å². The number of carboxylic acids is 1. The molecule has 1 N–H and O–H groups in total. The van der Waals surface area contributed by atoms with Crippen LogP contribution in [-0.2, 0) is 11.2 Å². The zero-order valence-electron chi connectivity index (χ0n) is 7.87. The van der Waals surface area contributed by atoms with Crippen LogP contribution < -0.4 is 0 Å². The Labute approximate surface area is 86.0 Å². The van der Waals surface area contributed by atoms with Crippen LogP contribution in [0.3, 0.4) is 0 Å². The fourth-order valence-electron chi connectivity index (χ4n) is 1.24. The van der Waals surface area contributed by atoms with Crippen molar-refractivity contribution in [3.8, 4) is 5.82 Å². The minimum absolute atomic E-state index is 0.0210. The van der Waals surface area contributed by atoms with Gasteiger partial charge in [-0.1, -0.05) is 6.07 Å². The summed E-state index contributed by atoms with van der Waals surface area (Å²) in [7, 11) is 0. The van der Waals surface area contributed by atoms with Crippen LogP contribution in [0.4, 0.5) is 0 Å². The first-order valence-corrected chi connectivity index (χ1v) is 4.42. The molecule has 2 aromatic rings. The van der Waals surface area contributed by atoms with Gasteiger partial charge in [0.25, 0.3) is 0 Å². The van der Waals surface area contributed by atoms with Gasteiger partial charge in [-0.05, 0) is 12.1 Å². The van der Waals surface area contributed by atoms with Gasteiger partial charge in [0, 0.05) is 18.0 Å². The lowest BCUT2D eigenvalue weighted by Gasteiger charge is -1.97. The van der Waals surface area contributed by atoms with Crippen molar-refractivity contribution in [2.24, 2.45) is 0 Å². The van der Waals surface area contributed by atoms with Crippen LogP contribution in [0.1, 0.15) is 5.56 Å². The third-order valence-corrected chi connectivity index (χ3v) is 1.88. The van der Waals surface area contributed by atoms with Gasteiger partial charge < -0.3 is 5.11 Å². The van der Waals surface area contributed by atoms with E-state index in [1.165, 1.54) is 6.20 Å². The second kappa shape index (κ2) is 3.91. The molecule has 0 spiro atoms. The number of aliphatic carboxylic acids is 1. The van der Waals surface area contributed by atoms with Crippen molar-refractivity contribution in [1.29, 1.82) is 0 Å². The Kier molecular flexibility index (Phi) is 2.45. The summed E-state index contributed by atoms with van der Waals surface area (Å²) in [4.78, 5) is 14.6. The van der Waals surface area contributed by atoms with Crippen molar-refractivity contribution in [2.45, 2.75) is 6.42 Å². The van der Waals surface area contributed by atoms with E-state index >= 15 is 0 Å². The van der Waals surface area contributed by atoms with Gasteiger partial charge in [0.2, 0.25) is 0 Å². The summed E-state index contributed by atoms with van der Waals surface area (Å²) in [5.41, 5.74) is 0.660.